The molecule has 0 heterocycles. The second-order valence-corrected chi connectivity index (χ2v) is 6.59. The van der Waals surface area contributed by atoms with E-state index in [1.54, 1.807) is 12.1 Å². The van der Waals surface area contributed by atoms with Crippen LogP contribution in [0.3, 0.4) is 0 Å². The Balaban J connectivity index is 1.77. The Labute approximate surface area is 140 Å². The maximum Gasteiger partial charge on any atom is 0.225 e. The highest BCUT2D eigenvalue weighted by atomic mass is 35.5. The number of amides is 1. The molecule has 23 heavy (non-hydrogen) atoms. The van der Waals surface area contributed by atoms with Gasteiger partial charge >= 0.3 is 0 Å². The van der Waals surface area contributed by atoms with Gasteiger partial charge in [0.1, 0.15) is 5.82 Å². The van der Waals surface area contributed by atoms with Crippen molar-refractivity contribution in [3.8, 4) is 0 Å². The molecule has 120 valence electrons. The fourth-order valence-electron chi connectivity index (χ4n) is 3.35. The molecule has 0 bridgehead atoms. The average molecular weight is 332 g/mol. The lowest BCUT2D eigenvalue weighted by molar-refractivity contribution is -0.122. The van der Waals surface area contributed by atoms with E-state index < -0.39 is 0 Å². The molecule has 0 radical (unpaired) electrons. The van der Waals surface area contributed by atoms with Crippen molar-refractivity contribution in [3.05, 3.63) is 70.5 Å². The largest absolute Gasteiger partial charge is 0.346 e. The molecule has 0 spiro atoms. The number of hydrogen-bond donors (Lipinski definition) is 1. The summed E-state index contributed by atoms with van der Waals surface area (Å²) in [6, 6.07) is 13.8. The maximum absolute atomic E-state index is 13.0. The third kappa shape index (κ3) is 3.73. The first-order valence-corrected chi connectivity index (χ1v) is 8.27. The molecule has 2 nitrogen and oxygen atoms in total. The highest BCUT2D eigenvalue weighted by Gasteiger charge is 2.37. The number of carbonyl (C=O) groups is 1. The minimum absolute atomic E-state index is 0.0431. The molecule has 0 aromatic heterocycles. The average Bonchev–Trinajstić information content (AvgIpc) is 2.99. The Kier molecular flexibility index (Phi) is 4.67. The third-order valence-corrected chi connectivity index (χ3v) is 4.73. The van der Waals surface area contributed by atoms with Crippen molar-refractivity contribution in [2.75, 3.05) is 0 Å². The predicted octanol–water partition coefficient (Wildman–Crippen LogP) is 4.61. The third-order valence-electron chi connectivity index (χ3n) is 4.49. The molecular weight excluding hydrogens is 313 g/mol. The lowest BCUT2D eigenvalue weighted by Gasteiger charge is -2.31. The van der Waals surface area contributed by atoms with E-state index in [2.05, 4.69) is 5.32 Å². The zero-order chi connectivity index (χ0) is 16.3. The molecule has 4 heteroatoms. The molecule has 0 unspecified atom stereocenters. The Morgan fingerprint density at radius 2 is 1.83 bits per heavy atom. The van der Waals surface area contributed by atoms with Gasteiger partial charge in [-0.25, -0.2) is 4.39 Å². The molecule has 0 aliphatic heterocycles. The van der Waals surface area contributed by atoms with E-state index in [1.807, 2.05) is 24.3 Å². The van der Waals surface area contributed by atoms with Crippen molar-refractivity contribution < 1.29 is 9.18 Å². The summed E-state index contributed by atoms with van der Waals surface area (Å²) in [5.74, 6) is -0.334. The quantitative estimate of drug-likeness (QED) is 0.871. The van der Waals surface area contributed by atoms with Gasteiger partial charge in [-0.05, 0) is 48.2 Å². The molecule has 1 N–H and O–H groups in total. The van der Waals surface area contributed by atoms with Gasteiger partial charge < -0.3 is 5.32 Å². The zero-order valence-corrected chi connectivity index (χ0v) is 13.6. The molecule has 1 aliphatic rings. The molecule has 1 saturated carbocycles. The van der Waals surface area contributed by atoms with E-state index in [4.69, 9.17) is 11.6 Å². The molecule has 2 aromatic rings. The number of rotatable bonds is 4. The van der Waals surface area contributed by atoms with Crippen LogP contribution in [0.15, 0.2) is 48.5 Å². The first kappa shape index (κ1) is 16.0. The molecule has 0 atom stereocenters. The van der Waals surface area contributed by atoms with Crippen molar-refractivity contribution in [2.45, 2.75) is 37.6 Å². The van der Waals surface area contributed by atoms with Crippen molar-refractivity contribution in [3.63, 3.8) is 0 Å². The van der Waals surface area contributed by atoms with E-state index in [0.717, 1.165) is 36.8 Å². The summed E-state index contributed by atoms with van der Waals surface area (Å²) in [6.07, 6.45) is 4.26. The summed E-state index contributed by atoms with van der Waals surface area (Å²) < 4.78 is 13.0. The predicted molar refractivity (Wildman–Crippen MR) is 89.8 cm³/mol. The number of hydrogen-bond acceptors (Lipinski definition) is 1. The molecule has 0 saturated heterocycles. The van der Waals surface area contributed by atoms with Gasteiger partial charge in [-0.3, -0.25) is 4.79 Å². The fraction of sp³-hybridized carbons (Fsp3) is 0.316. The summed E-state index contributed by atoms with van der Waals surface area (Å²) >= 11 is 6.12. The van der Waals surface area contributed by atoms with Gasteiger partial charge in [0, 0.05) is 5.02 Å². The van der Waals surface area contributed by atoms with E-state index >= 15 is 0 Å². The van der Waals surface area contributed by atoms with Crippen molar-refractivity contribution in [1.82, 2.24) is 5.32 Å². The van der Waals surface area contributed by atoms with Crippen LogP contribution in [0.2, 0.25) is 5.02 Å². The normalized spacial score (nSPS) is 16.3. The fourth-order valence-corrected chi connectivity index (χ4v) is 3.54. The van der Waals surface area contributed by atoms with Crippen LogP contribution in [0.25, 0.3) is 0 Å². The number of carbonyl (C=O) groups excluding carboxylic acids is 1. The first-order valence-electron chi connectivity index (χ1n) is 7.89. The van der Waals surface area contributed by atoms with Crippen LogP contribution in [0.4, 0.5) is 4.39 Å². The maximum atomic E-state index is 13.0. The van der Waals surface area contributed by atoms with Crippen molar-refractivity contribution in [1.29, 1.82) is 0 Å². The summed E-state index contributed by atoms with van der Waals surface area (Å²) in [7, 11) is 0. The van der Waals surface area contributed by atoms with Crippen molar-refractivity contribution >= 4 is 17.5 Å². The SMILES string of the molecule is O=C(Cc1ccc(F)cc1)NC1(c2cccc(Cl)c2)CCCC1. The van der Waals surface area contributed by atoms with Gasteiger partial charge in [0.2, 0.25) is 5.91 Å². The van der Waals surface area contributed by atoms with E-state index in [0.29, 0.717) is 5.02 Å². The van der Waals surface area contributed by atoms with Gasteiger partial charge in [0.15, 0.2) is 0 Å². The van der Waals surface area contributed by atoms with Crippen LogP contribution in [0, 0.1) is 5.82 Å². The van der Waals surface area contributed by atoms with Crippen LogP contribution < -0.4 is 5.32 Å². The summed E-state index contributed by atoms with van der Waals surface area (Å²) in [5.41, 5.74) is 1.54. The molecule has 3 rings (SSSR count). The standard InChI is InChI=1S/C19H19ClFNO/c20-16-5-3-4-15(13-16)19(10-1-2-11-19)22-18(23)12-14-6-8-17(21)9-7-14/h3-9,13H,1-2,10-12H2,(H,22,23). The van der Waals surface area contributed by atoms with Gasteiger partial charge in [0.05, 0.1) is 12.0 Å². The minimum atomic E-state index is -0.331. The highest BCUT2D eigenvalue weighted by molar-refractivity contribution is 6.30. The van der Waals surface area contributed by atoms with Gasteiger partial charge in [-0.15, -0.1) is 0 Å². The van der Waals surface area contributed by atoms with Gasteiger partial charge in [-0.2, -0.15) is 0 Å². The smallest absolute Gasteiger partial charge is 0.225 e. The molecule has 1 fully saturated rings. The topological polar surface area (TPSA) is 29.1 Å². The Hall–Kier alpha value is -1.87. The van der Waals surface area contributed by atoms with Crippen LogP contribution in [-0.2, 0) is 16.8 Å². The van der Waals surface area contributed by atoms with Crippen molar-refractivity contribution in [2.24, 2.45) is 0 Å². The second kappa shape index (κ2) is 6.71. The molecule has 1 aliphatic carbocycles. The molecule has 1 amide bonds. The summed E-state index contributed by atoms with van der Waals surface area (Å²) in [4.78, 5) is 12.5. The number of nitrogens with one attached hydrogen (secondary N) is 1. The highest BCUT2D eigenvalue weighted by Crippen LogP contribution is 2.39. The van der Waals surface area contributed by atoms with E-state index in [-0.39, 0.29) is 23.7 Å². The van der Waals surface area contributed by atoms with E-state index in [1.165, 1.54) is 12.1 Å². The molecular formula is C19H19ClFNO. The van der Waals surface area contributed by atoms with Crippen LogP contribution in [0.5, 0.6) is 0 Å². The molecule has 2 aromatic carbocycles. The Morgan fingerprint density at radius 1 is 1.13 bits per heavy atom. The summed E-state index contributed by atoms with van der Waals surface area (Å²) in [6.45, 7) is 0. The first-order chi connectivity index (χ1) is 11.1. The Bertz CT molecular complexity index is 693. The van der Waals surface area contributed by atoms with E-state index in [9.17, 15) is 9.18 Å². The van der Waals surface area contributed by atoms with Crippen LogP contribution >= 0.6 is 11.6 Å². The van der Waals surface area contributed by atoms with Gasteiger partial charge in [0.25, 0.3) is 0 Å². The zero-order valence-electron chi connectivity index (χ0n) is 12.8. The monoisotopic (exact) mass is 331 g/mol. The minimum Gasteiger partial charge on any atom is -0.346 e. The Morgan fingerprint density at radius 3 is 2.48 bits per heavy atom. The number of benzene rings is 2. The van der Waals surface area contributed by atoms with Gasteiger partial charge in [-0.1, -0.05) is 48.7 Å². The second-order valence-electron chi connectivity index (χ2n) is 6.15. The van der Waals surface area contributed by atoms with Crippen LogP contribution in [0.1, 0.15) is 36.8 Å². The lowest BCUT2D eigenvalue weighted by Crippen LogP contribution is -2.44. The summed E-state index contributed by atoms with van der Waals surface area (Å²) in [5, 5.41) is 3.89. The number of halogens is 2. The lowest BCUT2D eigenvalue weighted by atomic mass is 9.88. The van der Waals surface area contributed by atoms with Crippen LogP contribution in [-0.4, -0.2) is 5.91 Å².